The second-order valence-electron chi connectivity index (χ2n) is 4.24. The summed E-state index contributed by atoms with van der Waals surface area (Å²) in [6.07, 6.45) is 0. The highest BCUT2D eigenvalue weighted by Crippen LogP contribution is 2.35. The Kier molecular flexibility index (Phi) is 3.05. The van der Waals surface area contributed by atoms with Crippen LogP contribution in [0.1, 0.15) is 5.56 Å². The van der Waals surface area contributed by atoms with Crippen molar-refractivity contribution < 1.29 is 4.74 Å². The topological polar surface area (TPSA) is 48.1 Å². The van der Waals surface area contributed by atoms with Crippen LogP contribution in [0.2, 0.25) is 5.02 Å². The van der Waals surface area contributed by atoms with Gasteiger partial charge in [0.2, 0.25) is 0 Å². The summed E-state index contributed by atoms with van der Waals surface area (Å²) in [5, 5.41) is 1.14. The van der Waals surface area contributed by atoms with Crippen molar-refractivity contribution in [1.82, 2.24) is 4.98 Å². The lowest BCUT2D eigenvalue weighted by Crippen LogP contribution is -1.85. The molecule has 0 saturated carbocycles. The number of aromatic nitrogens is 1. The number of halogens is 1. The smallest absolute Gasteiger partial charge is 0.279 e. The Hall–Kier alpha value is -1.78. The average molecular weight is 291 g/mol. The lowest BCUT2D eigenvalue weighted by molar-refractivity contribution is 0.480. The third kappa shape index (κ3) is 2.50. The number of ether oxygens (including phenoxy) is 1. The molecule has 0 atom stereocenters. The second kappa shape index (κ2) is 4.72. The molecule has 5 heteroatoms. The lowest BCUT2D eigenvalue weighted by atomic mass is 10.2. The van der Waals surface area contributed by atoms with Gasteiger partial charge in [0.15, 0.2) is 0 Å². The number of nitrogen functional groups attached to an aromatic ring is 1. The normalized spacial score (nSPS) is 10.8. The van der Waals surface area contributed by atoms with Crippen molar-refractivity contribution >= 4 is 38.8 Å². The summed E-state index contributed by atoms with van der Waals surface area (Å²) in [6, 6.07) is 11.2. The van der Waals surface area contributed by atoms with Crippen molar-refractivity contribution in [3.63, 3.8) is 0 Å². The van der Waals surface area contributed by atoms with Crippen molar-refractivity contribution in [2.24, 2.45) is 0 Å². The standard InChI is InChI=1S/C14H11ClN2OS/c1-8-2-4-10(15)12(6-8)18-14-17-11-5-3-9(16)7-13(11)19-14/h2-7H,16H2,1H3. The number of hydrogen-bond acceptors (Lipinski definition) is 4. The summed E-state index contributed by atoms with van der Waals surface area (Å²) in [5.41, 5.74) is 8.43. The molecule has 0 aliphatic heterocycles. The summed E-state index contributed by atoms with van der Waals surface area (Å²) in [5.74, 6) is 0.619. The molecule has 3 nitrogen and oxygen atoms in total. The lowest BCUT2D eigenvalue weighted by Gasteiger charge is -2.04. The molecular weight excluding hydrogens is 280 g/mol. The summed E-state index contributed by atoms with van der Waals surface area (Å²) in [6.45, 7) is 1.99. The Labute approximate surface area is 119 Å². The van der Waals surface area contributed by atoms with Crippen LogP contribution in [0, 0.1) is 6.92 Å². The highest BCUT2D eigenvalue weighted by molar-refractivity contribution is 7.20. The Balaban J connectivity index is 1.98. The van der Waals surface area contributed by atoms with E-state index in [-0.39, 0.29) is 0 Å². The van der Waals surface area contributed by atoms with Crippen LogP contribution in [0.25, 0.3) is 10.2 Å². The number of hydrogen-bond donors (Lipinski definition) is 1. The van der Waals surface area contributed by atoms with Crippen molar-refractivity contribution in [3.8, 4) is 10.9 Å². The van der Waals surface area contributed by atoms with E-state index in [9.17, 15) is 0 Å². The third-order valence-corrected chi connectivity index (χ3v) is 3.89. The van der Waals surface area contributed by atoms with Gasteiger partial charge < -0.3 is 10.5 Å². The zero-order chi connectivity index (χ0) is 13.4. The molecule has 0 spiro atoms. The molecule has 0 unspecified atom stereocenters. The minimum atomic E-state index is 0.563. The Morgan fingerprint density at radius 2 is 2.05 bits per heavy atom. The predicted octanol–water partition coefficient (Wildman–Crippen LogP) is 4.63. The van der Waals surface area contributed by atoms with Gasteiger partial charge in [-0.25, -0.2) is 4.98 Å². The van der Waals surface area contributed by atoms with Crippen molar-refractivity contribution in [1.29, 1.82) is 0 Å². The largest absolute Gasteiger partial charge is 0.429 e. The summed E-state index contributed by atoms with van der Waals surface area (Å²) < 4.78 is 6.75. The van der Waals surface area contributed by atoms with Crippen LogP contribution < -0.4 is 10.5 Å². The molecule has 0 aliphatic carbocycles. The molecule has 2 N–H and O–H groups in total. The van der Waals surface area contributed by atoms with E-state index in [0.29, 0.717) is 16.0 Å². The number of benzene rings is 2. The SMILES string of the molecule is Cc1ccc(Cl)c(Oc2nc3ccc(N)cc3s2)c1. The van der Waals surface area contributed by atoms with E-state index in [0.717, 1.165) is 21.5 Å². The van der Waals surface area contributed by atoms with Gasteiger partial charge in [0, 0.05) is 5.69 Å². The second-order valence-corrected chi connectivity index (χ2v) is 5.64. The number of thiazole rings is 1. The number of anilines is 1. The first-order valence-electron chi connectivity index (χ1n) is 5.72. The Bertz CT molecular complexity index is 754. The predicted molar refractivity (Wildman–Crippen MR) is 80.3 cm³/mol. The summed E-state index contributed by atoms with van der Waals surface area (Å²) in [4.78, 5) is 4.40. The van der Waals surface area contributed by atoms with E-state index in [1.165, 1.54) is 11.3 Å². The van der Waals surface area contributed by atoms with E-state index < -0.39 is 0 Å². The molecule has 2 aromatic carbocycles. The van der Waals surface area contributed by atoms with E-state index in [1.54, 1.807) is 0 Å². The minimum Gasteiger partial charge on any atom is -0.429 e. The Morgan fingerprint density at radius 1 is 1.21 bits per heavy atom. The van der Waals surface area contributed by atoms with Crippen LogP contribution in [0.5, 0.6) is 10.9 Å². The van der Waals surface area contributed by atoms with Gasteiger partial charge in [0.05, 0.1) is 15.2 Å². The molecule has 1 heterocycles. The van der Waals surface area contributed by atoms with Crippen LogP contribution in [-0.2, 0) is 0 Å². The van der Waals surface area contributed by atoms with Gasteiger partial charge in [-0.05, 0) is 42.8 Å². The molecule has 0 aliphatic rings. The average Bonchev–Trinajstić information content (AvgIpc) is 2.75. The van der Waals surface area contributed by atoms with E-state index >= 15 is 0 Å². The minimum absolute atomic E-state index is 0.563. The molecule has 0 radical (unpaired) electrons. The number of nitrogens with two attached hydrogens (primary N) is 1. The molecule has 96 valence electrons. The van der Waals surface area contributed by atoms with Crippen LogP contribution in [0.3, 0.4) is 0 Å². The highest BCUT2D eigenvalue weighted by Gasteiger charge is 2.09. The number of rotatable bonds is 2. The summed E-state index contributed by atoms with van der Waals surface area (Å²) >= 11 is 7.55. The molecule has 0 saturated heterocycles. The van der Waals surface area contributed by atoms with Gasteiger partial charge in [-0.2, -0.15) is 0 Å². The van der Waals surface area contributed by atoms with Gasteiger partial charge in [-0.15, -0.1) is 0 Å². The zero-order valence-electron chi connectivity index (χ0n) is 10.2. The number of fused-ring (bicyclic) bond motifs is 1. The van der Waals surface area contributed by atoms with Gasteiger partial charge in [-0.1, -0.05) is 29.0 Å². The molecule has 0 bridgehead atoms. The Morgan fingerprint density at radius 3 is 2.89 bits per heavy atom. The van der Waals surface area contributed by atoms with Crippen LogP contribution >= 0.6 is 22.9 Å². The molecule has 0 fully saturated rings. The molecule has 19 heavy (non-hydrogen) atoms. The van der Waals surface area contributed by atoms with Crippen molar-refractivity contribution in [2.45, 2.75) is 6.92 Å². The first-order valence-corrected chi connectivity index (χ1v) is 6.91. The van der Waals surface area contributed by atoms with E-state index in [1.807, 2.05) is 43.3 Å². The number of nitrogens with zero attached hydrogens (tertiary/aromatic N) is 1. The fourth-order valence-electron chi connectivity index (χ4n) is 1.75. The van der Waals surface area contributed by atoms with Crippen molar-refractivity contribution in [3.05, 3.63) is 47.0 Å². The van der Waals surface area contributed by atoms with Crippen LogP contribution in [-0.4, -0.2) is 4.98 Å². The molecule has 3 rings (SSSR count). The fraction of sp³-hybridized carbons (Fsp3) is 0.0714. The maximum Gasteiger partial charge on any atom is 0.279 e. The zero-order valence-corrected chi connectivity index (χ0v) is 11.8. The summed E-state index contributed by atoms with van der Waals surface area (Å²) in [7, 11) is 0. The maximum absolute atomic E-state index is 6.10. The van der Waals surface area contributed by atoms with Crippen LogP contribution in [0.15, 0.2) is 36.4 Å². The number of aryl methyl sites for hydroxylation is 1. The van der Waals surface area contributed by atoms with Gasteiger partial charge in [0.25, 0.3) is 5.19 Å². The molecule has 1 aromatic heterocycles. The first-order chi connectivity index (χ1) is 9.11. The molecular formula is C14H11ClN2OS. The quantitative estimate of drug-likeness (QED) is 0.700. The van der Waals surface area contributed by atoms with Crippen LogP contribution in [0.4, 0.5) is 5.69 Å². The van der Waals surface area contributed by atoms with E-state index in [4.69, 9.17) is 22.1 Å². The van der Waals surface area contributed by atoms with E-state index in [2.05, 4.69) is 4.98 Å². The van der Waals surface area contributed by atoms with Gasteiger partial charge >= 0.3 is 0 Å². The molecule has 3 aromatic rings. The van der Waals surface area contributed by atoms with Gasteiger partial charge in [0.1, 0.15) is 5.75 Å². The first kappa shape index (κ1) is 12.3. The monoisotopic (exact) mass is 290 g/mol. The maximum atomic E-state index is 6.10. The fourth-order valence-corrected chi connectivity index (χ4v) is 2.78. The third-order valence-electron chi connectivity index (χ3n) is 2.68. The van der Waals surface area contributed by atoms with Crippen molar-refractivity contribution in [2.75, 3.05) is 5.73 Å². The van der Waals surface area contributed by atoms with Gasteiger partial charge in [-0.3, -0.25) is 0 Å². The highest BCUT2D eigenvalue weighted by atomic mass is 35.5. The molecule has 0 amide bonds.